The predicted octanol–water partition coefficient (Wildman–Crippen LogP) is 3.59. The molecule has 0 aliphatic carbocycles. The summed E-state index contributed by atoms with van der Waals surface area (Å²) < 4.78 is 10.5. The SMILES string of the molecule is COc1ccc(NC(=O)c2cncc(N3CCC(C)CC3)c2)cc1OC. The van der Waals surface area contributed by atoms with Crippen molar-refractivity contribution >= 4 is 17.3 Å². The zero-order chi connectivity index (χ0) is 18.5. The van der Waals surface area contributed by atoms with E-state index in [1.165, 1.54) is 12.8 Å². The summed E-state index contributed by atoms with van der Waals surface area (Å²) >= 11 is 0. The van der Waals surface area contributed by atoms with Crippen molar-refractivity contribution in [2.24, 2.45) is 5.92 Å². The maximum absolute atomic E-state index is 12.6. The molecule has 1 fully saturated rings. The quantitative estimate of drug-likeness (QED) is 0.888. The van der Waals surface area contributed by atoms with Gasteiger partial charge in [0.1, 0.15) is 0 Å². The number of pyridine rings is 1. The molecule has 0 radical (unpaired) electrons. The molecular formula is C20H25N3O3. The van der Waals surface area contributed by atoms with Crippen LogP contribution in [-0.2, 0) is 0 Å². The molecule has 0 saturated carbocycles. The Hall–Kier alpha value is -2.76. The van der Waals surface area contributed by atoms with Crippen LogP contribution >= 0.6 is 0 Å². The number of amides is 1. The second-order valence-electron chi connectivity index (χ2n) is 6.63. The van der Waals surface area contributed by atoms with Crippen molar-refractivity contribution in [3.8, 4) is 11.5 Å². The topological polar surface area (TPSA) is 63.7 Å². The van der Waals surface area contributed by atoms with Crippen molar-refractivity contribution in [1.82, 2.24) is 4.98 Å². The maximum Gasteiger partial charge on any atom is 0.257 e. The minimum absolute atomic E-state index is 0.197. The third-order valence-corrected chi connectivity index (χ3v) is 4.78. The number of carbonyl (C=O) groups is 1. The number of anilines is 2. The van der Waals surface area contributed by atoms with Gasteiger partial charge in [0, 0.05) is 31.0 Å². The van der Waals surface area contributed by atoms with Crippen molar-refractivity contribution < 1.29 is 14.3 Å². The lowest BCUT2D eigenvalue weighted by atomic mass is 9.99. The van der Waals surface area contributed by atoms with Gasteiger partial charge in [-0.25, -0.2) is 0 Å². The highest BCUT2D eigenvalue weighted by molar-refractivity contribution is 6.04. The molecule has 2 heterocycles. The van der Waals surface area contributed by atoms with E-state index in [4.69, 9.17) is 9.47 Å². The number of nitrogens with zero attached hydrogens (tertiary/aromatic N) is 2. The molecule has 138 valence electrons. The van der Waals surface area contributed by atoms with E-state index in [1.54, 1.807) is 38.6 Å². The van der Waals surface area contributed by atoms with Crippen LogP contribution in [0.1, 0.15) is 30.1 Å². The van der Waals surface area contributed by atoms with Gasteiger partial charge in [-0.2, -0.15) is 0 Å². The Morgan fingerprint density at radius 2 is 1.85 bits per heavy atom. The summed E-state index contributed by atoms with van der Waals surface area (Å²) in [5, 5.41) is 2.89. The molecule has 1 aliphatic heterocycles. The van der Waals surface area contributed by atoms with Gasteiger partial charge in [-0.05, 0) is 37.0 Å². The highest BCUT2D eigenvalue weighted by Crippen LogP contribution is 2.30. The number of piperidine rings is 1. The molecule has 2 aromatic rings. The molecule has 1 amide bonds. The third kappa shape index (κ3) is 4.07. The van der Waals surface area contributed by atoms with Crippen molar-refractivity contribution in [1.29, 1.82) is 0 Å². The largest absolute Gasteiger partial charge is 0.493 e. The zero-order valence-corrected chi connectivity index (χ0v) is 15.5. The lowest BCUT2D eigenvalue weighted by Crippen LogP contribution is -2.33. The fraction of sp³-hybridized carbons (Fsp3) is 0.400. The first kappa shape index (κ1) is 18.0. The van der Waals surface area contributed by atoms with Crippen LogP contribution in [0, 0.1) is 5.92 Å². The first-order chi connectivity index (χ1) is 12.6. The molecular weight excluding hydrogens is 330 g/mol. The third-order valence-electron chi connectivity index (χ3n) is 4.78. The van der Waals surface area contributed by atoms with Crippen LogP contribution in [0.2, 0.25) is 0 Å². The molecule has 1 aliphatic rings. The van der Waals surface area contributed by atoms with Crippen molar-refractivity contribution in [2.75, 3.05) is 37.5 Å². The van der Waals surface area contributed by atoms with Crippen LogP contribution in [0.25, 0.3) is 0 Å². The number of ether oxygens (including phenoxy) is 2. The molecule has 0 unspecified atom stereocenters. The van der Waals surface area contributed by atoms with E-state index < -0.39 is 0 Å². The number of methoxy groups -OCH3 is 2. The van der Waals surface area contributed by atoms with Crippen LogP contribution in [0.15, 0.2) is 36.7 Å². The molecule has 0 spiro atoms. The summed E-state index contributed by atoms with van der Waals surface area (Å²) in [5.41, 5.74) is 2.18. The summed E-state index contributed by atoms with van der Waals surface area (Å²) in [6.45, 7) is 4.29. The summed E-state index contributed by atoms with van der Waals surface area (Å²) in [6, 6.07) is 7.18. The Labute approximate surface area is 154 Å². The van der Waals surface area contributed by atoms with E-state index in [9.17, 15) is 4.79 Å². The van der Waals surface area contributed by atoms with Gasteiger partial charge in [0.05, 0.1) is 31.7 Å². The van der Waals surface area contributed by atoms with Crippen molar-refractivity contribution in [2.45, 2.75) is 19.8 Å². The second-order valence-corrected chi connectivity index (χ2v) is 6.63. The Balaban J connectivity index is 1.73. The second kappa shape index (κ2) is 8.08. The van der Waals surface area contributed by atoms with E-state index in [0.717, 1.165) is 24.7 Å². The molecule has 6 nitrogen and oxygen atoms in total. The zero-order valence-electron chi connectivity index (χ0n) is 15.5. The lowest BCUT2D eigenvalue weighted by Gasteiger charge is -2.32. The summed E-state index contributed by atoms with van der Waals surface area (Å²) in [7, 11) is 3.14. The predicted molar refractivity (Wildman–Crippen MR) is 102 cm³/mol. The number of carbonyl (C=O) groups excluding carboxylic acids is 1. The number of hydrogen-bond donors (Lipinski definition) is 1. The summed E-state index contributed by atoms with van der Waals surface area (Å²) in [5.74, 6) is 1.75. The van der Waals surface area contributed by atoms with Crippen molar-refractivity contribution in [3.63, 3.8) is 0 Å². The molecule has 3 rings (SSSR count). The van der Waals surface area contributed by atoms with Crippen LogP contribution < -0.4 is 19.7 Å². The Morgan fingerprint density at radius 1 is 1.12 bits per heavy atom. The van der Waals surface area contributed by atoms with Crippen LogP contribution in [0.3, 0.4) is 0 Å². The average molecular weight is 355 g/mol. The summed E-state index contributed by atoms with van der Waals surface area (Å²) in [6.07, 6.45) is 5.75. The van der Waals surface area contributed by atoms with Gasteiger partial charge in [-0.1, -0.05) is 6.92 Å². The minimum atomic E-state index is -0.197. The van der Waals surface area contributed by atoms with E-state index in [0.29, 0.717) is 22.7 Å². The molecule has 6 heteroatoms. The monoisotopic (exact) mass is 355 g/mol. The van der Waals surface area contributed by atoms with Crippen LogP contribution in [0.4, 0.5) is 11.4 Å². The van der Waals surface area contributed by atoms with Gasteiger partial charge in [0.25, 0.3) is 5.91 Å². The van der Waals surface area contributed by atoms with Crippen molar-refractivity contribution in [3.05, 3.63) is 42.2 Å². The number of benzene rings is 1. The van der Waals surface area contributed by atoms with Crippen LogP contribution in [-0.4, -0.2) is 38.2 Å². The molecule has 0 bridgehead atoms. The number of nitrogens with one attached hydrogen (secondary N) is 1. The van der Waals surface area contributed by atoms with Gasteiger partial charge in [0.2, 0.25) is 0 Å². The fourth-order valence-corrected chi connectivity index (χ4v) is 3.11. The van der Waals surface area contributed by atoms with Gasteiger partial charge >= 0.3 is 0 Å². The molecule has 1 N–H and O–H groups in total. The van der Waals surface area contributed by atoms with E-state index in [-0.39, 0.29) is 5.91 Å². The standard InChI is InChI=1S/C20H25N3O3/c1-14-6-8-23(9-7-14)17-10-15(12-21-13-17)20(24)22-16-4-5-18(25-2)19(11-16)26-3/h4-5,10-14H,6-9H2,1-3H3,(H,22,24). The molecule has 26 heavy (non-hydrogen) atoms. The number of aromatic nitrogens is 1. The smallest absolute Gasteiger partial charge is 0.257 e. The van der Waals surface area contributed by atoms with Gasteiger partial charge in [-0.3, -0.25) is 9.78 Å². The molecule has 1 aromatic carbocycles. The normalized spacial score (nSPS) is 14.8. The Kier molecular flexibility index (Phi) is 5.61. The number of rotatable bonds is 5. The van der Waals surface area contributed by atoms with E-state index >= 15 is 0 Å². The Morgan fingerprint density at radius 3 is 2.54 bits per heavy atom. The van der Waals surface area contributed by atoms with Gasteiger partial charge < -0.3 is 19.7 Å². The lowest BCUT2D eigenvalue weighted by molar-refractivity contribution is 0.102. The van der Waals surface area contributed by atoms with Gasteiger partial charge in [-0.15, -0.1) is 0 Å². The first-order valence-electron chi connectivity index (χ1n) is 8.84. The highest BCUT2D eigenvalue weighted by Gasteiger charge is 2.18. The Bertz CT molecular complexity index is 771. The van der Waals surface area contributed by atoms with Crippen LogP contribution in [0.5, 0.6) is 11.5 Å². The number of hydrogen-bond acceptors (Lipinski definition) is 5. The highest BCUT2D eigenvalue weighted by atomic mass is 16.5. The average Bonchev–Trinajstić information content (AvgIpc) is 2.68. The summed E-state index contributed by atoms with van der Waals surface area (Å²) in [4.78, 5) is 19.2. The molecule has 0 atom stereocenters. The molecule has 1 aromatic heterocycles. The van der Waals surface area contributed by atoms with E-state index in [1.807, 2.05) is 12.3 Å². The molecule has 1 saturated heterocycles. The van der Waals surface area contributed by atoms with E-state index in [2.05, 4.69) is 22.1 Å². The maximum atomic E-state index is 12.6. The van der Waals surface area contributed by atoms with Gasteiger partial charge in [0.15, 0.2) is 11.5 Å². The first-order valence-corrected chi connectivity index (χ1v) is 8.84. The minimum Gasteiger partial charge on any atom is -0.493 e. The fourth-order valence-electron chi connectivity index (χ4n) is 3.11.